The number of likely N-dealkylation sites (N-methyl/N-ethyl adjacent to an activating group) is 1. The maximum atomic E-state index is 13.1. The predicted molar refractivity (Wildman–Crippen MR) is 64.9 cm³/mol. The normalized spacial score (nSPS) is 17.1. The molecule has 1 saturated carbocycles. The van der Waals surface area contributed by atoms with E-state index in [9.17, 15) is 8.78 Å². The molecule has 1 aliphatic rings. The van der Waals surface area contributed by atoms with Crippen LogP contribution in [0.3, 0.4) is 0 Å². The first-order valence-corrected chi connectivity index (χ1v) is 6.36. The van der Waals surface area contributed by atoms with Crippen LogP contribution in [-0.4, -0.2) is 12.6 Å². The minimum absolute atomic E-state index is 0.386. The molecule has 3 heteroatoms. The van der Waals surface area contributed by atoms with Crippen LogP contribution >= 0.6 is 0 Å². The summed E-state index contributed by atoms with van der Waals surface area (Å²) in [4.78, 5) is 0. The largest absolute Gasteiger partial charge is 0.314 e. The molecule has 1 nitrogen and oxygen atoms in total. The molecule has 1 aliphatic carbocycles. The van der Waals surface area contributed by atoms with Crippen molar-refractivity contribution in [1.29, 1.82) is 0 Å². The minimum Gasteiger partial charge on any atom is -0.314 e. The molecule has 2 rings (SSSR count). The first kappa shape index (κ1) is 12.5. The molecule has 1 atom stereocenters. The Labute approximate surface area is 101 Å². The van der Waals surface area contributed by atoms with Gasteiger partial charge in [-0.15, -0.1) is 0 Å². The van der Waals surface area contributed by atoms with Gasteiger partial charge in [0.15, 0.2) is 11.6 Å². The van der Waals surface area contributed by atoms with Crippen LogP contribution in [0, 0.1) is 17.6 Å². The molecular formula is C14H19F2N. The van der Waals surface area contributed by atoms with Crippen LogP contribution in [0.4, 0.5) is 8.78 Å². The molecule has 0 aromatic heterocycles. The monoisotopic (exact) mass is 239 g/mol. The zero-order valence-corrected chi connectivity index (χ0v) is 10.2. The molecule has 94 valence electrons. The summed E-state index contributed by atoms with van der Waals surface area (Å²) in [6.07, 6.45) is 4.56. The van der Waals surface area contributed by atoms with E-state index in [0.29, 0.717) is 6.04 Å². The molecule has 1 N–H and O–H groups in total. The summed E-state index contributed by atoms with van der Waals surface area (Å²) in [6.45, 7) is 2.99. The molecule has 0 spiro atoms. The Balaban J connectivity index is 1.97. The van der Waals surface area contributed by atoms with E-state index in [4.69, 9.17) is 0 Å². The quantitative estimate of drug-likeness (QED) is 0.803. The summed E-state index contributed by atoms with van der Waals surface area (Å²) in [5.41, 5.74) is 0.871. The number of hydrogen-bond acceptors (Lipinski definition) is 1. The smallest absolute Gasteiger partial charge is 0.159 e. The standard InChI is InChI=1S/C14H19F2N/c1-2-17-12(7-10-3-4-10)8-11-5-6-13(15)14(16)9-11/h5-6,9-10,12,17H,2-4,7-8H2,1H3. The van der Waals surface area contributed by atoms with Crippen molar-refractivity contribution in [2.75, 3.05) is 6.54 Å². The topological polar surface area (TPSA) is 12.0 Å². The number of benzene rings is 1. The molecule has 1 aromatic carbocycles. The van der Waals surface area contributed by atoms with Gasteiger partial charge in [0.25, 0.3) is 0 Å². The van der Waals surface area contributed by atoms with E-state index in [1.165, 1.54) is 25.0 Å². The van der Waals surface area contributed by atoms with Gasteiger partial charge in [0, 0.05) is 6.04 Å². The lowest BCUT2D eigenvalue weighted by Crippen LogP contribution is -2.31. The minimum atomic E-state index is -0.768. The van der Waals surface area contributed by atoms with Crippen molar-refractivity contribution in [1.82, 2.24) is 5.32 Å². The number of nitrogens with one attached hydrogen (secondary N) is 1. The molecular weight excluding hydrogens is 220 g/mol. The summed E-state index contributed by atoms with van der Waals surface area (Å²) in [5, 5.41) is 3.42. The maximum Gasteiger partial charge on any atom is 0.159 e. The summed E-state index contributed by atoms with van der Waals surface area (Å²) in [6, 6.07) is 4.59. The first-order valence-electron chi connectivity index (χ1n) is 6.36. The van der Waals surface area contributed by atoms with Crippen molar-refractivity contribution in [3.63, 3.8) is 0 Å². The van der Waals surface area contributed by atoms with Crippen LogP contribution in [0.15, 0.2) is 18.2 Å². The summed E-state index contributed by atoms with van der Waals surface area (Å²) < 4.78 is 25.9. The van der Waals surface area contributed by atoms with Gasteiger partial charge in [0.1, 0.15) is 0 Å². The fourth-order valence-electron chi connectivity index (χ4n) is 2.23. The Morgan fingerprint density at radius 3 is 2.65 bits per heavy atom. The highest BCUT2D eigenvalue weighted by Gasteiger charge is 2.25. The lowest BCUT2D eigenvalue weighted by Gasteiger charge is -2.17. The Hall–Kier alpha value is -0.960. The zero-order valence-electron chi connectivity index (χ0n) is 10.2. The van der Waals surface area contributed by atoms with Crippen molar-refractivity contribution in [3.8, 4) is 0 Å². The highest BCUT2D eigenvalue weighted by molar-refractivity contribution is 5.19. The molecule has 0 heterocycles. The van der Waals surface area contributed by atoms with Gasteiger partial charge in [-0.25, -0.2) is 8.78 Å². The first-order chi connectivity index (χ1) is 8.19. The van der Waals surface area contributed by atoms with Crippen molar-refractivity contribution in [3.05, 3.63) is 35.4 Å². The molecule has 17 heavy (non-hydrogen) atoms. The Morgan fingerprint density at radius 2 is 2.06 bits per heavy atom. The summed E-state index contributed by atoms with van der Waals surface area (Å²) in [5.74, 6) is -0.676. The van der Waals surface area contributed by atoms with Gasteiger partial charge in [-0.1, -0.05) is 25.8 Å². The SMILES string of the molecule is CCNC(Cc1ccc(F)c(F)c1)CC1CC1. The second-order valence-corrected chi connectivity index (χ2v) is 4.89. The fraction of sp³-hybridized carbons (Fsp3) is 0.571. The Bertz CT molecular complexity index is 374. The van der Waals surface area contributed by atoms with E-state index >= 15 is 0 Å². The highest BCUT2D eigenvalue weighted by Crippen LogP contribution is 2.34. The molecule has 0 radical (unpaired) electrons. The predicted octanol–water partition coefficient (Wildman–Crippen LogP) is 3.29. The van der Waals surface area contributed by atoms with Crippen LogP contribution < -0.4 is 5.32 Å². The molecule has 0 aliphatic heterocycles. The van der Waals surface area contributed by atoms with Gasteiger partial charge in [0.05, 0.1) is 0 Å². The van der Waals surface area contributed by atoms with E-state index in [-0.39, 0.29) is 0 Å². The third-order valence-electron chi connectivity index (χ3n) is 3.27. The van der Waals surface area contributed by atoms with Gasteiger partial charge in [-0.2, -0.15) is 0 Å². The average Bonchev–Trinajstić information content (AvgIpc) is 3.08. The number of hydrogen-bond donors (Lipinski definition) is 1. The summed E-state index contributed by atoms with van der Waals surface area (Å²) in [7, 11) is 0. The average molecular weight is 239 g/mol. The van der Waals surface area contributed by atoms with E-state index in [1.807, 2.05) is 0 Å². The third kappa shape index (κ3) is 3.77. The number of rotatable bonds is 6. The third-order valence-corrected chi connectivity index (χ3v) is 3.27. The second kappa shape index (κ2) is 5.58. The van der Waals surface area contributed by atoms with Gasteiger partial charge < -0.3 is 5.32 Å². The van der Waals surface area contributed by atoms with Crippen LogP contribution in [0.5, 0.6) is 0 Å². The lowest BCUT2D eigenvalue weighted by molar-refractivity contribution is 0.462. The van der Waals surface area contributed by atoms with E-state index < -0.39 is 11.6 Å². The fourth-order valence-corrected chi connectivity index (χ4v) is 2.23. The molecule has 1 fully saturated rings. The van der Waals surface area contributed by atoms with Crippen LogP contribution in [0.25, 0.3) is 0 Å². The van der Waals surface area contributed by atoms with E-state index in [2.05, 4.69) is 12.2 Å². The number of halogens is 2. The summed E-state index contributed by atoms with van der Waals surface area (Å²) >= 11 is 0. The molecule has 1 aromatic rings. The van der Waals surface area contributed by atoms with Gasteiger partial charge in [-0.3, -0.25) is 0 Å². The molecule has 0 saturated heterocycles. The van der Waals surface area contributed by atoms with E-state index in [0.717, 1.165) is 30.9 Å². The highest BCUT2D eigenvalue weighted by atomic mass is 19.2. The molecule has 1 unspecified atom stereocenters. The van der Waals surface area contributed by atoms with Gasteiger partial charge in [-0.05, 0) is 43.0 Å². The van der Waals surface area contributed by atoms with Crippen LogP contribution in [-0.2, 0) is 6.42 Å². The zero-order chi connectivity index (χ0) is 12.3. The lowest BCUT2D eigenvalue weighted by atomic mass is 10.0. The Morgan fingerprint density at radius 1 is 1.29 bits per heavy atom. The van der Waals surface area contributed by atoms with Crippen molar-refractivity contribution >= 4 is 0 Å². The van der Waals surface area contributed by atoms with Crippen molar-refractivity contribution in [2.45, 2.75) is 38.6 Å². The van der Waals surface area contributed by atoms with Crippen molar-refractivity contribution in [2.24, 2.45) is 5.92 Å². The van der Waals surface area contributed by atoms with Crippen LogP contribution in [0.1, 0.15) is 31.7 Å². The maximum absolute atomic E-state index is 13.1. The van der Waals surface area contributed by atoms with Gasteiger partial charge in [0.2, 0.25) is 0 Å². The molecule has 0 amide bonds. The Kier molecular flexibility index (Phi) is 4.11. The van der Waals surface area contributed by atoms with Crippen molar-refractivity contribution < 1.29 is 8.78 Å². The van der Waals surface area contributed by atoms with Crippen LogP contribution in [0.2, 0.25) is 0 Å². The van der Waals surface area contributed by atoms with Gasteiger partial charge >= 0.3 is 0 Å². The van der Waals surface area contributed by atoms with E-state index in [1.54, 1.807) is 6.07 Å². The second-order valence-electron chi connectivity index (χ2n) is 4.89. The molecule has 0 bridgehead atoms.